The lowest BCUT2D eigenvalue weighted by Gasteiger charge is -2.38. The molecule has 1 saturated heterocycles. The van der Waals surface area contributed by atoms with E-state index in [1.165, 1.54) is 6.20 Å². The van der Waals surface area contributed by atoms with E-state index in [4.69, 9.17) is 4.74 Å². The summed E-state index contributed by atoms with van der Waals surface area (Å²) in [6.45, 7) is 8.94. The molecule has 2 bridgehead atoms. The molecule has 0 amide bonds. The standard InChI is InChI=1S/C18H26FN3O2/c1-11-20-8-15(19)17(21-11)22-9-12-5-6-13(10-22)14(12)7-16(23)24-18(2,3)4/h8,12-14H,5-7,9-10H2,1-4H3/t12-,13+,14?. The van der Waals surface area contributed by atoms with Crippen molar-refractivity contribution in [2.75, 3.05) is 18.0 Å². The summed E-state index contributed by atoms with van der Waals surface area (Å²) in [5, 5.41) is 0. The monoisotopic (exact) mass is 335 g/mol. The zero-order chi connectivity index (χ0) is 17.5. The van der Waals surface area contributed by atoms with Crippen LogP contribution in [0.15, 0.2) is 6.20 Å². The quantitative estimate of drug-likeness (QED) is 0.795. The Balaban J connectivity index is 1.68. The maximum Gasteiger partial charge on any atom is 0.306 e. The maximum atomic E-state index is 14.1. The Morgan fingerprint density at radius 3 is 2.54 bits per heavy atom. The third-order valence-electron chi connectivity index (χ3n) is 5.00. The largest absolute Gasteiger partial charge is 0.460 e. The molecule has 1 aliphatic heterocycles. The summed E-state index contributed by atoms with van der Waals surface area (Å²) in [7, 11) is 0. The Kier molecular flexibility index (Phi) is 4.49. The number of hydrogen-bond donors (Lipinski definition) is 0. The molecule has 6 heteroatoms. The number of aryl methyl sites for hydroxylation is 1. The van der Waals surface area contributed by atoms with Crippen LogP contribution in [0.1, 0.15) is 45.9 Å². The summed E-state index contributed by atoms with van der Waals surface area (Å²) in [6, 6.07) is 0. The SMILES string of the molecule is Cc1ncc(F)c(N2C[C@H]3CC[C@@H](C2)C3CC(=O)OC(C)(C)C)n1. The van der Waals surface area contributed by atoms with E-state index in [2.05, 4.69) is 9.97 Å². The van der Waals surface area contributed by atoms with E-state index in [0.717, 1.165) is 25.9 Å². The Labute approximate surface area is 142 Å². The fourth-order valence-electron chi connectivity index (χ4n) is 4.08. The third-order valence-corrected chi connectivity index (χ3v) is 5.00. The fourth-order valence-corrected chi connectivity index (χ4v) is 4.08. The zero-order valence-electron chi connectivity index (χ0n) is 14.9. The molecule has 5 nitrogen and oxygen atoms in total. The topological polar surface area (TPSA) is 55.3 Å². The molecule has 3 atom stereocenters. The number of anilines is 1. The second kappa shape index (κ2) is 6.30. The highest BCUT2D eigenvalue weighted by molar-refractivity contribution is 5.70. The molecule has 1 unspecified atom stereocenters. The summed E-state index contributed by atoms with van der Waals surface area (Å²) in [6.07, 6.45) is 3.87. The van der Waals surface area contributed by atoms with Gasteiger partial charge in [-0.05, 0) is 58.3 Å². The van der Waals surface area contributed by atoms with E-state index in [9.17, 15) is 9.18 Å². The van der Waals surface area contributed by atoms with Gasteiger partial charge in [-0.25, -0.2) is 14.4 Å². The number of fused-ring (bicyclic) bond motifs is 2. The molecule has 0 spiro atoms. The molecular formula is C18H26FN3O2. The van der Waals surface area contributed by atoms with Gasteiger partial charge in [0.1, 0.15) is 11.4 Å². The minimum atomic E-state index is -0.446. The average Bonchev–Trinajstić information content (AvgIpc) is 2.70. The first-order valence-corrected chi connectivity index (χ1v) is 8.69. The van der Waals surface area contributed by atoms with Crippen LogP contribution in [0, 0.1) is 30.5 Å². The molecule has 2 heterocycles. The number of ether oxygens (including phenoxy) is 1. The molecule has 2 aliphatic rings. The summed E-state index contributed by atoms with van der Waals surface area (Å²) in [4.78, 5) is 22.4. The first kappa shape index (κ1) is 17.1. The third kappa shape index (κ3) is 3.68. The summed E-state index contributed by atoms with van der Waals surface area (Å²) < 4.78 is 19.6. The summed E-state index contributed by atoms with van der Waals surface area (Å²) >= 11 is 0. The van der Waals surface area contributed by atoms with Crippen molar-refractivity contribution in [3.63, 3.8) is 0 Å². The zero-order valence-corrected chi connectivity index (χ0v) is 14.9. The molecule has 0 N–H and O–H groups in total. The number of piperidine rings is 1. The van der Waals surface area contributed by atoms with Crippen LogP contribution in [0.3, 0.4) is 0 Å². The molecule has 1 aromatic rings. The fraction of sp³-hybridized carbons (Fsp3) is 0.722. The molecule has 24 heavy (non-hydrogen) atoms. The van der Waals surface area contributed by atoms with Crippen molar-refractivity contribution < 1.29 is 13.9 Å². The lowest BCUT2D eigenvalue weighted by atomic mass is 9.82. The van der Waals surface area contributed by atoms with Gasteiger partial charge in [-0.2, -0.15) is 0 Å². The van der Waals surface area contributed by atoms with E-state index in [1.807, 2.05) is 25.7 Å². The van der Waals surface area contributed by atoms with Gasteiger partial charge >= 0.3 is 5.97 Å². The highest BCUT2D eigenvalue weighted by Gasteiger charge is 2.44. The number of nitrogens with zero attached hydrogens (tertiary/aromatic N) is 3. The molecule has 3 rings (SSSR count). The lowest BCUT2D eigenvalue weighted by molar-refractivity contribution is -0.156. The predicted octanol–water partition coefficient (Wildman–Crippen LogP) is 3.12. The number of carbonyl (C=O) groups is 1. The molecular weight excluding hydrogens is 309 g/mol. The van der Waals surface area contributed by atoms with Gasteiger partial charge in [0.05, 0.1) is 6.20 Å². The van der Waals surface area contributed by atoms with Crippen LogP contribution in [-0.4, -0.2) is 34.6 Å². The Hall–Kier alpha value is -1.72. The van der Waals surface area contributed by atoms with E-state index in [0.29, 0.717) is 35.8 Å². The first-order chi connectivity index (χ1) is 11.2. The van der Waals surface area contributed by atoms with Gasteiger partial charge in [-0.3, -0.25) is 4.79 Å². The Bertz CT molecular complexity index is 615. The van der Waals surface area contributed by atoms with Gasteiger partial charge in [0, 0.05) is 19.5 Å². The second-order valence-corrected chi connectivity index (χ2v) is 8.05. The molecule has 0 radical (unpaired) electrons. The number of halogens is 1. The van der Waals surface area contributed by atoms with Crippen molar-refractivity contribution in [3.8, 4) is 0 Å². The van der Waals surface area contributed by atoms with E-state index >= 15 is 0 Å². The van der Waals surface area contributed by atoms with E-state index in [-0.39, 0.29) is 11.8 Å². The Morgan fingerprint density at radius 2 is 1.96 bits per heavy atom. The molecule has 2 fully saturated rings. The maximum absolute atomic E-state index is 14.1. The van der Waals surface area contributed by atoms with Crippen LogP contribution in [0.5, 0.6) is 0 Å². The van der Waals surface area contributed by atoms with Gasteiger partial charge in [0.25, 0.3) is 0 Å². The molecule has 0 aromatic carbocycles. The van der Waals surface area contributed by atoms with Crippen LogP contribution in [-0.2, 0) is 9.53 Å². The lowest BCUT2D eigenvalue weighted by Crippen LogP contribution is -2.44. The van der Waals surface area contributed by atoms with Crippen molar-refractivity contribution in [1.82, 2.24) is 9.97 Å². The molecule has 1 aromatic heterocycles. The summed E-state index contributed by atoms with van der Waals surface area (Å²) in [5.41, 5.74) is -0.446. The van der Waals surface area contributed by atoms with Gasteiger partial charge in [0.2, 0.25) is 0 Å². The van der Waals surface area contributed by atoms with Gasteiger partial charge < -0.3 is 9.64 Å². The van der Waals surface area contributed by atoms with Crippen LogP contribution >= 0.6 is 0 Å². The predicted molar refractivity (Wildman–Crippen MR) is 89.1 cm³/mol. The van der Waals surface area contributed by atoms with Gasteiger partial charge in [-0.1, -0.05) is 0 Å². The number of hydrogen-bond acceptors (Lipinski definition) is 5. The van der Waals surface area contributed by atoms with Crippen LogP contribution < -0.4 is 4.90 Å². The van der Waals surface area contributed by atoms with Crippen LogP contribution in [0.2, 0.25) is 0 Å². The molecule has 1 aliphatic carbocycles. The van der Waals surface area contributed by atoms with E-state index < -0.39 is 5.60 Å². The van der Waals surface area contributed by atoms with E-state index in [1.54, 1.807) is 6.92 Å². The van der Waals surface area contributed by atoms with Crippen LogP contribution in [0.25, 0.3) is 0 Å². The summed E-state index contributed by atoms with van der Waals surface area (Å²) in [5.74, 6) is 1.61. The highest BCUT2D eigenvalue weighted by atomic mass is 19.1. The van der Waals surface area contributed by atoms with Crippen molar-refractivity contribution >= 4 is 11.8 Å². The first-order valence-electron chi connectivity index (χ1n) is 8.69. The normalized spacial score (nSPS) is 26.5. The minimum Gasteiger partial charge on any atom is -0.460 e. The van der Waals surface area contributed by atoms with Crippen molar-refractivity contribution in [2.24, 2.45) is 17.8 Å². The van der Waals surface area contributed by atoms with Gasteiger partial charge in [0.15, 0.2) is 11.6 Å². The molecule has 1 saturated carbocycles. The second-order valence-electron chi connectivity index (χ2n) is 8.05. The highest BCUT2D eigenvalue weighted by Crippen LogP contribution is 2.45. The van der Waals surface area contributed by atoms with Crippen LogP contribution in [0.4, 0.5) is 10.2 Å². The Morgan fingerprint density at radius 1 is 1.33 bits per heavy atom. The van der Waals surface area contributed by atoms with Crippen molar-refractivity contribution in [1.29, 1.82) is 0 Å². The minimum absolute atomic E-state index is 0.123. The van der Waals surface area contributed by atoms with Gasteiger partial charge in [-0.15, -0.1) is 0 Å². The smallest absolute Gasteiger partial charge is 0.306 e. The molecule has 132 valence electrons. The van der Waals surface area contributed by atoms with Crippen molar-refractivity contribution in [3.05, 3.63) is 17.8 Å². The average molecular weight is 335 g/mol. The number of esters is 1. The van der Waals surface area contributed by atoms with Crippen molar-refractivity contribution in [2.45, 2.75) is 52.6 Å². The number of aromatic nitrogens is 2. The number of carbonyl (C=O) groups excluding carboxylic acids is 1. The number of rotatable bonds is 3.